The summed E-state index contributed by atoms with van der Waals surface area (Å²) in [5.74, 6) is -2.77. The Hall–Kier alpha value is -2.22. The summed E-state index contributed by atoms with van der Waals surface area (Å²) in [5, 5.41) is 2.76. The van der Waals surface area contributed by atoms with E-state index in [-0.39, 0.29) is 36.1 Å². The number of hydrogen-bond donors (Lipinski definition) is 1. The highest BCUT2D eigenvalue weighted by Crippen LogP contribution is 2.31. The highest BCUT2D eigenvalue weighted by molar-refractivity contribution is 5.77. The maximum absolute atomic E-state index is 13.3. The number of carbonyl (C=O) groups is 2. The Balaban J connectivity index is 1.47. The topological polar surface area (TPSA) is 61.9 Å². The number of benzene rings is 1. The molecule has 0 bridgehead atoms. The van der Waals surface area contributed by atoms with Crippen LogP contribution < -0.4 is 5.32 Å². The van der Waals surface area contributed by atoms with Gasteiger partial charge in [-0.3, -0.25) is 4.79 Å². The minimum atomic E-state index is -2.84. The molecule has 2 heterocycles. The molecule has 8 heteroatoms. The van der Waals surface area contributed by atoms with E-state index < -0.39 is 5.92 Å². The Morgan fingerprint density at radius 3 is 2.54 bits per heavy atom. The van der Waals surface area contributed by atoms with Gasteiger partial charge in [-0.15, -0.1) is 0 Å². The lowest BCUT2D eigenvalue weighted by Gasteiger charge is -2.42. The van der Waals surface area contributed by atoms with E-state index in [0.29, 0.717) is 39.1 Å². The molecule has 0 saturated carbocycles. The van der Waals surface area contributed by atoms with E-state index in [1.807, 2.05) is 6.92 Å². The van der Waals surface area contributed by atoms with Crippen molar-refractivity contribution in [3.63, 3.8) is 0 Å². The standard InChI is InChI=1S/C20H27F2N3O3/c1-3-24(9-8-17-10-23-18(26)13-28-17)19(27)25-11-15(12-25)14-4-6-16(7-5-14)20(2,21)22/h4-7,15,17H,3,8-13H2,1-2H3,(H,23,26)/t17-/m0/s1. The Kier molecular flexibility index (Phi) is 6.17. The predicted molar refractivity (Wildman–Crippen MR) is 100 cm³/mol. The molecular formula is C20H27F2N3O3. The van der Waals surface area contributed by atoms with Crippen LogP contribution in [0.15, 0.2) is 24.3 Å². The third kappa shape index (κ3) is 4.79. The van der Waals surface area contributed by atoms with Gasteiger partial charge in [0.15, 0.2) is 0 Å². The zero-order valence-corrected chi connectivity index (χ0v) is 16.3. The number of carbonyl (C=O) groups excluding carboxylic acids is 2. The predicted octanol–water partition coefficient (Wildman–Crippen LogP) is 2.54. The van der Waals surface area contributed by atoms with Crippen LogP contribution in [-0.2, 0) is 15.5 Å². The first-order valence-electron chi connectivity index (χ1n) is 9.68. The molecule has 1 atom stereocenters. The van der Waals surface area contributed by atoms with Gasteiger partial charge in [0, 0.05) is 51.1 Å². The number of alkyl halides is 2. The molecule has 1 aromatic carbocycles. The third-order valence-electron chi connectivity index (χ3n) is 5.39. The normalized spacial score (nSPS) is 20.5. The van der Waals surface area contributed by atoms with Gasteiger partial charge in [-0.25, -0.2) is 13.6 Å². The fraction of sp³-hybridized carbons (Fsp3) is 0.600. The van der Waals surface area contributed by atoms with E-state index >= 15 is 0 Å². The summed E-state index contributed by atoms with van der Waals surface area (Å²) in [6.45, 7) is 5.71. The van der Waals surface area contributed by atoms with Crippen molar-refractivity contribution in [3.05, 3.63) is 35.4 Å². The average molecular weight is 395 g/mol. The van der Waals surface area contributed by atoms with Gasteiger partial charge in [0.25, 0.3) is 5.92 Å². The van der Waals surface area contributed by atoms with Crippen LogP contribution in [0.25, 0.3) is 0 Å². The van der Waals surface area contributed by atoms with Gasteiger partial charge in [-0.2, -0.15) is 0 Å². The number of rotatable bonds is 6. The third-order valence-corrected chi connectivity index (χ3v) is 5.39. The highest BCUT2D eigenvalue weighted by Gasteiger charge is 2.34. The van der Waals surface area contributed by atoms with Crippen LogP contribution in [-0.4, -0.2) is 67.2 Å². The Morgan fingerprint density at radius 1 is 1.32 bits per heavy atom. The minimum Gasteiger partial charge on any atom is -0.367 e. The number of nitrogens with zero attached hydrogens (tertiary/aromatic N) is 2. The van der Waals surface area contributed by atoms with Crippen LogP contribution in [0.5, 0.6) is 0 Å². The first-order chi connectivity index (χ1) is 13.3. The first-order valence-corrected chi connectivity index (χ1v) is 9.68. The van der Waals surface area contributed by atoms with Gasteiger partial charge in [0.2, 0.25) is 5.91 Å². The van der Waals surface area contributed by atoms with Crippen molar-refractivity contribution in [2.45, 2.75) is 38.2 Å². The highest BCUT2D eigenvalue weighted by atomic mass is 19.3. The fourth-order valence-electron chi connectivity index (χ4n) is 3.50. The minimum absolute atomic E-state index is 0.00165. The van der Waals surface area contributed by atoms with Crippen LogP contribution in [0.1, 0.15) is 37.3 Å². The van der Waals surface area contributed by atoms with Crippen molar-refractivity contribution in [1.29, 1.82) is 0 Å². The number of amides is 3. The lowest BCUT2D eigenvalue weighted by Crippen LogP contribution is -2.54. The Labute approximate surface area is 163 Å². The summed E-state index contributed by atoms with van der Waals surface area (Å²) in [6, 6.07) is 6.36. The van der Waals surface area contributed by atoms with Gasteiger partial charge in [-0.1, -0.05) is 24.3 Å². The molecule has 0 spiro atoms. The molecule has 0 aromatic heterocycles. The Morgan fingerprint density at radius 2 is 2.00 bits per heavy atom. The van der Waals surface area contributed by atoms with E-state index in [2.05, 4.69) is 5.32 Å². The van der Waals surface area contributed by atoms with Gasteiger partial charge in [0.1, 0.15) is 6.61 Å². The summed E-state index contributed by atoms with van der Waals surface area (Å²) in [5.41, 5.74) is 0.980. The average Bonchev–Trinajstić information content (AvgIpc) is 2.62. The quantitative estimate of drug-likeness (QED) is 0.805. The van der Waals surface area contributed by atoms with Crippen molar-refractivity contribution >= 4 is 11.9 Å². The van der Waals surface area contributed by atoms with Gasteiger partial charge in [0.05, 0.1) is 6.10 Å². The van der Waals surface area contributed by atoms with Crippen molar-refractivity contribution in [1.82, 2.24) is 15.1 Å². The van der Waals surface area contributed by atoms with E-state index in [4.69, 9.17) is 4.74 Å². The van der Waals surface area contributed by atoms with Crippen molar-refractivity contribution < 1.29 is 23.1 Å². The number of hydrogen-bond acceptors (Lipinski definition) is 3. The Bertz CT molecular complexity index is 690. The molecule has 1 N–H and O–H groups in total. The number of urea groups is 1. The van der Waals surface area contributed by atoms with E-state index in [1.165, 1.54) is 12.1 Å². The molecular weight excluding hydrogens is 368 g/mol. The zero-order valence-electron chi connectivity index (χ0n) is 16.3. The molecule has 3 amide bonds. The van der Waals surface area contributed by atoms with Crippen molar-refractivity contribution in [2.75, 3.05) is 39.3 Å². The molecule has 2 saturated heterocycles. The molecule has 3 rings (SSSR count). The van der Waals surface area contributed by atoms with Crippen LogP contribution in [0.3, 0.4) is 0 Å². The number of nitrogens with one attached hydrogen (secondary N) is 1. The molecule has 0 unspecified atom stereocenters. The van der Waals surface area contributed by atoms with Crippen molar-refractivity contribution in [2.24, 2.45) is 0 Å². The molecule has 0 radical (unpaired) electrons. The second-order valence-electron chi connectivity index (χ2n) is 7.50. The zero-order chi connectivity index (χ0) is 20.3. The van der Waals surface area contributed by atoms with Gasteiger partial charge in [-0.05, 0) is 18.9 Å². The van der Waals surface area contributed by atoms with Crippen molar-refractivity contribution in [3.8, 4) is 0 Å². The number of halogens is 2. The largest absolute Gasteiger partial charge is 0.367 e. The van der Waals surface area contributed by atoms with E-state index in [1.54, 1.807) is 21.9 Å². The number of morpholine rings is 1. The maximum atomic E-state index is 13.3. The van der Waals surface area contributed by atoms with Gasteiger partial charge < -0.3 is 19.9 Å². The molecule has 0 aliphatic carbocycles. The summed E-state index contributed by atoms with van der Waals surface area (Å²) in [4.78, 5) is 27.4. The summed E-state index contributed by atoms with van der Waals surface area (Å²) >= 11 is 0. The lowest BCUT2D eigenvalue weighted by molar-refractivity contribution is -0.133. The lowest BCUT2D eigenvalue weighted by atomic mass is 9.90. The van der Waals surface area contributed by atoms with Crippen LogP contribution in [0.4, 0.5) is 13.6 Å². The second-order valence-corrected chi connectivity index (χ2v) is 7.50. The fourth-order valence-corrected chi connectivity index (χ4v) is 3.50. The summed E-state index contributed by atoms with van der Waals surface area (Å²) < 4.78 is 32.1. The number of ether oxygens (including phenoxy) is 1. The van der Waals surface area contributed by atoms with Crippen LogP contribution in [0.2, 0.25) is 0 Å². The molecule has 2 aliphatic rings. The van der Waals surface area contributed by atoms with Crippen LogP contribution >= 0.6 is 0 Å². The SMILES string of the molecule is CCN(CC[C@H]1CNC(=O)CO1)C(=O)N1CC(c2ccc(C(C)(F)F)cc2)C1. The number of likely N-dealkylation sites (tertiary alicyclic amines) is 1. The van der Waals surface area contributed by atoms with E-state index in [0.717, 1.165) is 12.5 Å². The monoisotopic (exact) mass is 395 g/mol. The smallest absolute Gasteiger partial charge is 0.320 e. The first kappa shape index (κ1) is 20.5. The van der Waals surface area contributed by atoms with Crippen LogP contribution in [0, 0.1) is 0 Å². The molecule has 2 fully saturated rings. The van der Waals surface area contributed by atoms with Gasteiger partial charge >= 0.3 is 6.03 Å². The summed E-state index contributed by atoms with van der Waals surface area (Å²) in [6.07, 6.45) is 0.600. The second kappa shape index (κ2) is 8.43. The van der Waals surface area contributed by atoms with E-state index in [9.17, 15) is 18.4 Å². The molecule has 6 nitrogen and oxygen atoms in total. The maximum Gasteiger partial charge on any atom is 0.320 e. The molecule has 1 aromatic rings. The summed E-state index contributed by atoms with van der Waals surface area (Å²) in [7, 11) is 0. The molecule has 28 heavy (non-hydrogen) atoms. The molecule has 2 aliphatic heterocycles. The molecule has 154 valence electrons.